The number of aromatic nitrogens is 2. The van der Waals surface area contributed by atoms with E-state index in [4.69, 9.17) is 0 Å². The Kier molecular flexibility index (Phi) is 3.48. The van der Waals surface area contributed by atoms with Crippen molar-refractivity contribution in [3.05, 3.63) is 30.1 Å². The number of rotatable bonds is 4. The lowest BCUT2D eigenvalue weighted by Crippen LogP contribution is -2.11. The van der Waals surface area contributed by atoms with Crippen molar-refractivity contribution in [2.75, 3.05) is 0 Å². The molecular weight excluding hydrogens is 212 g/mol. The van der Waals surface area contributed by atoms with Gasteiger partial charge in [-0.3, -0.25) is 0 Å². The number of benzene rings is 1. The van der Waals surface area contributed by atoms with E-state index in [1.807, 2.05) is 25.1 Å². The number of hydrogen-bond donors (Lipinski definition) is 1. The van der Waals surface area contributed by atoms with E-state index < -0.39 is 6.10 Å². The van der Waals surface area contributed by atoms with Crippen LogP contribution in [0.5, 0.6) is 0 Å². The van der Waals surface area contributed by atoms with Crippen molar-refractivity contribution in [2.45, 2.75) is 39.8 Å². The smallest absolute Gasteiger partial charge is 0.138 e. The summed E-state index contributed by atoms with van der Waals surface area (Å²) in [5.74, 6) is 1.33. The van der Waals surface area contributed by atoms with Gasteiger partial charge in [-0.25, -0.2) is 4.98 Å². The van der Waals surface area contributed by atoms with E-state index in [0.717, 1.165) is 23.4 Å². The first-order chi connectivity index (χ1) is 8.13. The van der Waals surface area contributed by atoms with Crippen LogP contribution < -0.4 is 0 Å². The summed E-state index contributed by atoms with van der Waals surface area (Å²) < 4.78 is 2.15. The Morgan fingerprint density at radius 2 is 2.00 bits per heavy atom. The molecule has 2 aromatic rings. The first-order valence-corrected chi connectivity index (χ1v) is 6.26. The summed E-state index contributed by atoms with van der Waals surface area (Å²) in [6.45, 7) is 7.23. The molecule has 0 spiro atoms. The topological polar surface area (TPSA) is 38.1 Å². The summed E-state index contributed by atoms with van der Waals surface area (Å²) >= 11 is 0. The molecule has 0 saturated heterocycles. The van der Waals surface area contributed by atoms with Crippen LogP contribution in [0.25, 0.3) is 11.0 Å². The fourth-order valence-corrected chi connectivity index (χ4v) is 2.09. The van der Waals surface area contributed by atoms with Gasteiger partial charge in [0.2, 0.25) is 0 Å². The summed E-state index contributed by atoms with van der Waals surface area (Å²) in [5, 5.41) is 10.0. The molecule has 1 heterocycles. The van der Waals surface area contributed by atoms with Crippen LogP contribution in [-0.4, -0.2) is 14.7 Å². The molecular formula is C14H20N2O. The highest BCUT2D eigenvalue weighted by Gasteiger charge is 2.16. The number of aliphatic hydroxyl groups excluding tert-OH is 1. The van der Waals surface area contributed by atoms with Crippen LogP contribution in [0.1, 0.15) is 39.1 Å². The summed E-state index contributed by atoms with van der Waals surface area (Å²) in [5.41, 5.74) is 2.08. The van der Waals surface area contributed by atoms with Crippen LogP contribution in [0.3, 0.4) is 0 Å². The van der Waals surface area contributed by atoms with E-state index in [1.54, 1.807) is 0 Å². The largest absolute Gasteiger partial charge is 0.385 e. The van der Waals surface area contributed by atoms with Gasteiger partial charge in [0.25, 0.3) is 0 Å². The number of nitrogens with zero attached hydrogens (tertiary/aromatic N) is 2. The van der Waals surface area contributed by atoms with E-state index in [2.05, 4.69) is 29.5 Å². The van der Waals surface area contributed by atoms with Gasteiger partial charge >= 0.3 is 0 Å². The Morgan fingerprint density at radius 1 is 1.29 bits per heavy atom. The monoisotopic (exact) mass is 232 g/mol. The van der Waals surface area contributed by atoms with E-state index in [9.17, 15) is 5.11 Å². The first-order valence-electron chi connectivity index (χ1n) is 6.26. The van der Waals surface area contributed by atoms with Crippen LogP contribution in [0.15, 0.2) is 24.3 Å². The van der Waals surface area contributed by atoms with Crippen LogP contribution in [-0.2, 0) is 6.54 Å². The van der Waals surface area contributed by atoms with Crippen molar-refractivity contribution in [3.8, 4) is 0 Å². The van der Waals surface area contributed by atoms with Crippen molar-refractivity contribution < 1.29 is 5.11 Å². The maximum atomic E-state index is 10.0. The normalized spacial score (nSPS) is 13.5. The van der Waals surface area contributed by atoms with Crippen molar-refractivity contribution in [1.29, 1.82) is 0 Å². The van der Waals surface area contributed by atoms with Gasteiger partial charge in [0, 0.05) is 6.54 Å². The van der Waals surface area contributed by atoms with E-state index in [1.165, 1.54) is 0 Å². The van der Waals surface area contributed by atoms with Gasteiger partial charge in [-0.2, -0.15) is 0 Å². The number of para-hydroxylation sites is 2. The zero-order chi connectivity index (χ0) is 12.4. The molecule has 3 nitrogen and oxygen atoms in total. The Bertz CT molecular complexity index is 502. The third-order valence-corrected chi connectivity index (χ3v) is 2.92. The van der Waals surface area contributed by atoms with Crippen molar-refractivity contribution >= 4 is 11.0 Å². The molecule has 0 fully saturated rings. The number of aliphatic hydroxyl groups is 1. The number of imidazole rings is 1. The fourth-order valence-electron chi connectivity index (χ4n) is 2.09. The quantitative estimate of drug-likeness (QED) is 0.879. The fraction of sp³-hybridized carbons (Fsp3) is 0.500. The van der Waals surface area contributed by atoms with Gasteiger partial charge in [0.05, 0.1) is 11.0 Å². The van der Waals surface area contributed by atoms with Gasteiger partial charge in [0.1, 0.15) is 11.9 Å². The number of fused-ring (bicyclic) bond motifs is 1. The Labute approximate surface area is 102 Å². The molecule has 0 unspecified atom stereocenters. The Hall–Kier alpha value is -1.35. The highest BCUT2D eigenvalue weighted by atomic mass is 16.3. The van der Waals surface area contributed by atoms with Crippen molar-refractivity contribution in [2.24, 2.45) is 5.92 Å². The summed E-state index contributed by atoms with van der Waals surface area (Å²) in [7, 11) is 0. The molecule has 0 amide bonds. The summed E-state index contributed by atoms with van der Waals surface area (Å²) in [6.07, 6.45) is 0.225. The molecule has 0 aliphatic heterocycles. The lowest BCUT2D eigenvalue weighted by atomic mass is 10.2. The predicted molar refractivity (Wildman–Crippen MR) is 69.8 cm³/mol. The lowest BCUT2D eigenvalue weighted by Gasteiger charge is -2.14. The molecule has 2 rings (SSSR count). The van der Waals surface area contributed by atoms with E-state index >= 15 is 0 Å². The predicted octanol–water partition coefficient (Wildman–Crippen LogP) is 3.14. The maximum Gasteiger partial charge on any atom is 0.138 e. The van der Waals surface area contributed by atoms with Crippen molar-refractivity contribution in [3.63, 3.8) is 0 Å². The van der Waals surface area contributed by atoms with Gasteiger partial charge in [0.15, 0.2) is 0 Å². The SMILES string of the molecule is CC[C@H](O)c1nc2ccccc2n1CC(C)C. The van der Waals surface area contributed by atoms with Crippen LogP contribution >= 0.6 is 0 Å². The molecule has 0 aliphatic carbocycles. The van der Waals surface area contributed by atoms with Crippen LogP contribution in [0.2, 0.25) is 0 Å². The third kappa shape index (κ3) is 2.34. The molecule has 1 atom stereocenters. The molecule has 0 radical (unpaired) electrons. The minimum Gasteiger partial charge on any atom is -0.385 e. The average Bonchev–Trinajstić information content (AvgIpc) is 2.67. The van der Waals surface area contributed by atoms with Gasteiger partial charge in [-0.1, -0.05) is 32.9 Å². The zero-order valence-corrected chi connectivity index (χ0v) is 10.7. The van der Waals surface area contributed by atoms with E-state index in [-0.39, 0.29) is 0 Å². The molecule has 1 aromatic carbocycles. The van der Waals surface area contributed by atoms with Gasteiger partial charge in [-0.05, 0) is 24.5 Å². The molecule has 92 valence electrons. The molecule has 0 bridgehead atoms. The standard InChI is InChI=1S/C14H20N2O/c1-4-13(17)14-15-11-7-5-6-8-12(11)16(14)9-10(2)3/h5-8,10,13,17H,4,9H2,1-3H3/t13-/m0/s1. The minimum absolute atomic E-state index is 0.471. The van der Waals surface area contributed by atoms with Crippen LogP contribution in [0.4, 0.5) is 0 Å². The zero-order valence-electron chi connectivity index (χ0n) is 10.7. The molecule has 3 heteroatoms. The van der Waals surface area contributed by atoms with Gasteiger partial charge in [-0.15, -0.1) is 0 Å². The summed E-state index contributed by atoms with van der Waals surface area (Å²) in [4.78, 5) is 4.55. The highest BCUT2D eigenvalue weighted by molar-refractivity contribution is 5.76. The van der Waals surface area contributed by atoms with Crippen molar-refractivity contribution in [1.82, 2.24) is 9.55 Å². The third-order valence-electron chi connectivity index (χ3n) is 2.92. The maximum absolute atomic E-state index is 10.0. The highest BCUT2D eigenvalue weighted by Crippen LogP contribution is 2.23. The molecule has 1 aromatic heterocycles. The molecule has 1 N–H and O–H groups in total. The second kappa shape index (κ2) is 4.88. The van der Waals surface area contributed by atoms with E-state index in [0.29, 0.717) is 12.3 Å². The Morgan fingerprint density at radius 3 is 2.65 bits per heavy atom. The summed E-state index contributed by atoms with van der Waals surface area (Å²) in [6, 6.07) is 8.06. The molecule has 0 saturated carbocycles. The van der Waals surface area contributed by atoms with Gasteiger partial charge < -0.3 is 9.67 Å². The molecule has 17 heavy (non-hydrogen) atoms. The second-order valence-electron chi connectivity index (χ2n) is 4.89. The number of hydrogen-bond acceptors (Lipinski definition) is 2. The second-order valence-corrected chi connectivity index (χ2v) is 4.89. The Balaban J connectivity index is 2.56. The minimum atomic E-state index is -0.471. The molecule has 0 aliphatic rings. The average molecular weight is 232 g/mol. The van der Waals surface area contributed by atoms with Crippen LogP contribution in [0, 0.1) is 5.92 Å². The lowest BCUT2D eigenvalue weighted by molar-refractivity contribution is 0.158. The first kappa shape index (κ1) is 12.1.